The minimum absolute atomic E-state index is 0. The van der Waals surface area contributed by atoms with Gasteiger partial charge in [-0.25, -0.2) is 0 Å². The van der Waals surface area contributed by atoms with Crippen molar-refractivity contribution < 1.29 is 14.7 Å². The lowest BCUT2D eigenvalue weighted by Crippen LogP contribution is -2.47. The van der Waals surface area contributed by atoms with Crippen LogP contribution in [0.4, 0.5) is 0 Å². The van der Waals surface area contributed by atoms with Gasteiger partial charge in [0.15, 0.2) is 0 Å². The van der Waals surface area contributed by atoms with Crippen molar-refractivity contribution in [2.45, 2.75) is 58.0 Å². The number of halogens is 1. The third-order valence-corrected chi connectivity index (χ3v) is 6.34. The summed E-state index contributed by atoms with van der Waals surface area (Å²) in [7, 11) is 0. The maximum Gasteiger partial charge on any atom is 0.325 e. The van der Waals surface area contributed by atoms with Crippen LogP contribution in [0.25, 0.3) is 10.8 Å². The Bertz CT molecular complexity index is 1110. The lowest BCUT2D eigenvalue weighted by atomic mass is 9.83. The Kier molecular flexibility index (Phi) is 9.66. The highest BCUT2D eigenvalue weighted by atomic mass is 35.5. The molecule has 3 aromatic carbocycles. The van der Waals surface area contributed by atoms with E-state index >= 15 is 0 Å². The average Bonchev–Trinajstić information content (AvgIpc) is 2.81. The van der Waals surface area contributed by atoms with Gasteiger partial charge in [0.2, 0.25) is 5.91 Å². The van der Waals surface area contributed by atoms with Crippen LogP contribution in [0, 0.1) is 0 Å². The molecule has 182 valence electrons. The first-order chi connectivity index (χ1) is 15.7. The average molecular weight is 483 g/mol. The Morgan fingerprint density at radius 3 is 2.26 bits per heavy atom. The number of aryl methyl sites for hydroxylation is 1. The molecule has 0 radical (unpaired) electrons. The van der Waals surface area contributed by atoms with Crippen LogP contribution in [0.1, 0.15) is 56.8 Å². The highest BCUT2D eigenvalue weighted by molar-refractivity contribution is 5.90. The predicted octanol–water partition coefficient (Wildman–Crippen LogP) is 5.41. The van der Waals surface area contributed by atoms with E-state index in [4.69, 9.17) is 5.11 Å². The maximum atomic E-state index is 12.6. The van der Waals surface area contributed by atoms with Gasteiger partial charge in [-0.15, -0.1) is 12.4 Å². The normalized spacial score (nSPS) is 13.1. The van der Waals surface area contributed by atoms with E-state index in [-0.39, 0.29) is 24.4 Å². The number of nitrogens with one attached hydrogen (secondary N) is 2. The van der Waals surface area contributed by atoms with Crippen LogP contribution in [-0.4, -0.2) is 29.6 Å². The summed E-state index contributed by atoms with van der Waals surface area (Å²) in [6, 6.07) is 22.3. The Hall–Kier alpha value is -2.89. The number of carboxylic acid groups (broad SMARTS) is 1. The summed E-state index contributed by atoms with van der Waals surface area (Å²) in [5.74, 6) is -1.34. The smallest absolute Gasteiger partial charge is 0.325 e. The molecule has 34 heavy (non-hydrogen) atoms. The van der Waals surface area contributed by atoms with Crippen LogP contribution in [-0.2, 0) is 21.4 Å². The molecule has 0 aliphatic heterocycles. The van der Waals surface area contributed by atoms with Crippen LogP contribution in [0.2, 0.25) is 0 Å². The van der Waals surface area contributed by atoms with Crippen molar-refractivity contribution in [3.63, 3.8) is 0 Å². The van der Waals surface area contributed by atoms with Crippen molar-refractivity contribution in [1.29, 1.82) is 0 Å². The number of fused-ring (bicyclic) bond motifs is 1. The van der Waals surface area contributed by atoms with Crippen molar-refractivity contribution >= 4 is 35.1 Å². The molecular formula is C28H35ClN2O3. The van der Waals surface area contributed by atoms with Crippen LogP contribution < -0.4 is 10.6 Å². The number of aliphatic carboxylic acids is 1. The van der Waals surface area contributed by atoms with Gasteiger partial charge >= 0.3 is 5.97 Å². The van der Waals surface area contributed by atoms with E-state index < -0.39 is 17.4 Å². The van der Waals surface area contributed by atoms with Crippen LogP contribution in [0.5, 0.6) is 0 Å². The molecule has 0 bridgehead atoms. The maximum absolute atomic E-state index is 12.6. The number of rotatable bonds is 10. The third-order valence-electron chi connectivity index (χ3n) is 6.34. The van der Waals surface area contributed by atoms with Gasteiger partial charge in [0.1, 0.15) is 6.04 Å². The van der Waals surface area contributed by atoms with E-state index in [1.165, 1.54) is 28.8 Å². The summed E-state index contributed by atoms with van der Waals surface area (Å²) in [6.45, 7) is 8.20. The molecular weight excluding hydrogens is 448 g/mol. The number of hydrogen-bond acceptors (Lipinski definition) is 3. The zero-order chi connectivity index (χ0) is 24.0. The molecule has 0 aromatic heterocycles. The molecule has 6 heteroatoms. The molecule has 1 unspecified atom stereocenters. The topological polar surface area (TPSA) is 78.4 Å². The van der Waals surface area contributed by atoms with Gasteiger partial charge < -0.3 is 15.7 Å². The SMILES string of the molecule is CC(NCCCc1ccc(C(C)(C)C(=O)N[C@H](C)C(=O)O)cc1)c1cccc2ccccc12.Cl. The second-order valence-corrected chi connectivity index (χ2v) is 9.20. The van der Waals surface area contributed by atoms with Crippen molar-refractivity contribution in [3.05, 3.63) is 83.4 Å². The fourth-order valence-corrected chi connectivity index (χ4v) is 4.01. The van der Waals surface area contributed by atoms with Crippen molar-refractivity contribution in [2.24, 2.45) is 0 Å². The highest BCUT2D eigenvalue weighted by Crippen LogP contribution is 2.25. The lowest BCUT2D eigenvalue weighted by molar-refractivity contribution is -0.142. The minimum Gasteiger partial charge on any atom is -0.480 e. The number of benzene rings is 3. The Morgan fingerprint density at radius 1 is 0.941 bits per heavy atom. The van der Waals surface area contributed by atoms with Gasteiger partial charge in [0, 0.05) is 6.04 Å². The summed E-state index contributed by atoms with van der Waals surface area (Å²) >= 11 is 0. The second kappa shape index (κ2) is 12.0. The first-order valence-electron chi connectivity index (χ1n) is 11.5. The number of hydrogen-bond donors (Lipinski definition) is 3. The molecule has 0 saturated carbocycles. The number of carboxylic acids is 1. The molecule has 0 saturated heterocycles. The van der Waals surface area contributed by atoms with Crippen LogP contribution in [0.3, 0.4) is 0 Å². The standard InChI is InChI=1S/C28H34N2O3.ClH/c1-19(24-13-7-11-22-10-5-6-12-25(22)24)29-18-8-9-21-14-16-23(17-15-21)28(3,4)27(33)30-20(2)26(31)32;/h5-7,10-17,19-20,29H,8-9,18H2,1-4H3,(H,30,33)(H,31,32);1H/t19?,20-;/m1./s1. The molecule has 0 fully saturated rings. The zero-order valence-electron chi connectivity index (χ0n) is 20.3. The fraction of sp³-hybridized carbons (Fsp3) is 0.357. The quantitative estimate of drug-likeness (QED) is 0.337. The summed E-state index contributed by atoms with van der Waals surface area (Å²) in [4.78, 5) is 23.6. The Balaban J connectivity index is 0.00000408. The number of amides is 1. The van der Waals surface area contributed by atoms with Crippen LogP contribution >= 0.6 is 12.4 Å². The minimum atomic E-state index is -1.04. The van der Waals surface area contributed by atoms with Crippen molar-refractivity contribution in [1.82, 2.24) is 10.6 Å². The molecule has 3 rings (SSSR count). The lowest BCUT2D eigenvalue weighted by Gasteiger charge is -2.25. The molecule has 0 aliphatic rings. The predicted molar refractivity (Wildman–Crippen MR) is 141 cm³/mol. The molecule has 1 amide bonds. The van der Waals surface area contributed by atoms with Gasteiger partial charge in [-0.05, 0) is 74.5 Å². The summed E-state index contributed by atoms with van der Waals surface area (Å²) in [6.07, 6.45) is 1.95. The van der Waals surface area contributed by atoms with Crippen LogP contribution in [0.15, 0.2) is 66.7 Å². The molecule has 2 atom stereocenters. The number of carbonyl (C=O) groups is 2. The Labute approximate surface area is 208 Å². The van der Waals surface area contributed by atoms with E-state index in [0.29, 0.717) is 0 Å². The second-order valence-electron chi connectivity index (χ2n) is 9.20. The van der Waals surface area contributed by atoms with Gasteiger partial charge in [-0.3, -0.25) is 9.59 Å². The van der Waals surface area contributed by atoms with E-state index in [1.807, 2.05) is 26.0 Å². The van der Waals surface area contributed by atoms with Crippen molar-refractivity contribution in [3.8, 4) is 0 Å². The Morgan fingerprint density at radius 2 is 1.59 bits per heavy atom. The molecule has 3 aromatic rings. The summed E-state index contributed by atoms with van der Waals surface area (Å²) in [5.41, 5.74) is 2.59. The molecule has 3 N–H and O–H groups in total. The largest absolute Gasteiger partial charge is 0.480 e. The zero-order valence-corrected chi connectivity index (χ0v) is 21.1. The summed E-state index contributed by atoms with van der Waals surface area (Å²) in [5, 5.41) is 17.8. The van der Waals surface area contributed by atoms with Gasteiger partial charge in [-0.2, -0.15) is 0 Å². The summed E-state index contributed by atoms with van der Waals surface area (Å²) < 4.78 is 0. The number of carbonyl (C=O) groups excluding carboxylic acids is 1. The van der Waals surface area contributed by atoms with E-state index in [2.05, 4.69) is 72.2 Å². The molecule has 0 spiro atoms. The van der Waals surface area contributed by atoms with E-state index in [1.54, 1.807) is 0 Å². The molecule has 0 aliphatic carbocycles. The monoisotopic (exact) mass is 482 g/mol. The van der Waals surface area contributed by atoms with E-state index in [9.17, 15) is 9.59 Å². The first-order valence-corrected chi connectivity index (χ1v) is 11.5. The van der Waals surface area contributed by atoms with Crippen molar-refractivity contribution in [2.75, 3.05) is 6.54 Å². The molecule has 0 heterocycles. The highest BCUT2D eigenvalue weighted by Gasteiger charge is 2.31. The fourth-order valence-electron chi connectivity index (χ4n) is 4.01. The third kappa shape index (κ3) is 6.58. The first kappa shape index (κ1) is 27.4. The van der Waals surface area contributed by atoms with Gasteiger partial charge in [0.25, 0.3) is 0 Å². The van der Waals surface area contributed by atoms with E-state index in [0.717, 1.165) is 24.9 Å². The molecule has 5 nitrogen and oxygen atoms in total. The van der Waals surface area contributed by atoms with Gasteiger partial charge in [0.05, 0.1) is 5.41 Å². The van der Waals surface area contributed by atoms with Gasteiger partial charge in [-0.1, -0.05) is 66.7 Å².